The Kier molecular flexibility index (Phi) is 11.6. The number of rotatable bonds is 10. The Morgan fingerprint density at radius 3 is 2.62 bits per heavy atom. The van der Waals surface area contributed by atoms with Gasteiger partial charge >= 0.3 is 0 Å². The molecular weight excluding hydrogens is 483 g/mol. The molecule has 0 atom stereocenters. The smallest absolute Gasteiger partial charge is 0.191 e. The predicted octanol–water partition coefficient (Wildman–Crippen LogP) is 2.72. The van der Waals surface area contributed by atoms with E-state index in [-0.39, 0.29) is 24.0 Å². The van der Waals surface area contributed by atoms with Crippen LogP contribution in [-0.4, -0.2) is 47.6 Å². The average molecular weight is 516 g/mol. The van der Waals surface area contributed by atoms with Crippen molar-refractivity contribution in [3.8, 4) is 5.75 Å². The first-order valence-corrected chi connectivity index (χ1v) is 9.63. The summed E-state index contributed by atoms with van der Waals surface area (Å²) in [6.07, 6.45) is 0.856. The number of hydrogen-bond donors (Lipinski definition) is 2. The highest BCUT2D eigenvalue weighted by atomic mass is 127. The molecule has 0 spiro atoms. The van der Waals surface area contributed by atoms with Gasteiger partial charge in [-0.1, -0.05) is 12.1 Å². The van der Waals surface area contributed by atoms with E-state index in [9.17, 15) is 0 Å². The van der Waals surface area contributed by atoms with Crippen LogP contribution in [0.1, 0.15) is 36.1 Å². The lowest BCUT2D eigenvalue weighted by Gasteiger charge is -2.13. The van der Waals surface area contributed by atoms with Gasteiger partial charge in [0.05, 0.1) is 19.7 Å². The maximum atomic E-state index is 5.95. The average Bonchev–Trinajstić information content (AvgIpc) is 3.00. The largest absolute Gasteiger partial charge is 0.493 e. The number of aromatic nitrogens is 3. The van der Waals surface area contributed by atoms with Gasteiger partial charge in [-0.2, -0.15) is 0 Å². The van der Waals surface area contributed by atoms with Crippen LogP contribution in [0.2, 0.25) is 0 Å². The van der Waals surface area contributed by atoms with Crippen LogP contribution < -0.4 is 15.4 Å². The van der Waals surface area contributed by atoms with E-state index in [1.54, 1.807) is 7.11 Å². The zero-order valence-corrected chi connectivity index (χ0v) is 20.3. The van der Waals surface area contributed by atoms with Gasteiger partial charge in [0, 0.05) is 39.3 Å². The zero-order valence-electron chi connectivity index (χ0n) is 18.0. The fourth-order valence-electron chi connectivity index (χ4n) is 2.59. The first kappa shape index (κ1) is 25.2. The summed E-state index contributed by atoms with van der Waals surface area (Å²) >= 11 is 0. The van der Waals surface area contributed by atoms with Gasteiger partial charge < -0.3 is 24.7 Å². The second-order valence-corrected chi connectivity index (χ2v) is 6.58. The van der Waals surface area contributed by atoms with E-state index < -0.39 is 0 Å². The van der Waals surface area contributed by atoms with Crippen LogP contribution in [0.25, 0.3) is 0 Å². The van der Waals surface area contributed by atoms with Crippen molar-refractivity contribution in [2.24, 2.45) is 12.0 Å². The number of ether oxygens (including phenoxy) is 2. The summed E-state index contributed by atoms with van der Waals surface area (Å²) in [4.78, 5) is 4.70. The van der Waals surface area contributed by atoms with Crippen LogP contribution in [0.3, 0.4) is 0 Å². The summed E-state index contributed by atoms with van der Waals surface area (Å²) in [6.45, 7) is 9.19. The summed E-state index contributed by atoms with van der Waals surface area (Å²) < 4.78 is 13.0. The Bertz CT molecular complexity index is 778. The molecule has 1 heterocycles. The molecule has 0 saturated heterocycles. The Hall–Kier alpha value is -1.88. The van der Waals surface area contributed by atoms with Gasteiger partial charge in [-0.3, -0.25) is 0 Å². The second kappa shape index (κ2) is 13.4. The fraction of sp³-hybridized carbons (Fsp3) is 0.550. The van der Waals surface area contributed by atoms with E-state index in [0.29, 0.717) is 26.3 Å². The highest BCUT2D eigenvalue weighted by Gasteiger charge is 2.08. The molecule has 0 aliphatic heterocycles. The number of nitrogens with one attached hydrogen (secondary N) is 2. The molecule has 1 aromatic heterocycles. The quantitative estimate of drug-likeness (QED) is 0.219. The lowest BCUT2D eigenvalue weighted by Crippen LogP contribution is -2.37. The topological polar surface area (TPSA) is 85.6 Å². The van der Waals surface area contributed by atoms with Gasteiger partial charge in [0.1, 0.15) is 11.6 Å². The van der Waals surface area contributed by atoms with Crippen molar-refractivity contribution in [3.63, 3.8) is 0 Å². The van der Waals surface area contributed by atoms with Gasteiger partial charge in [-0.05, 0) is 32.4 Å². The predicted molar refractivity (Wildman–Crippen MR) is 126 cm³/mol. The Balaban J connectivity index is 0.00000420. The second-order valence-electron chi connectivity index (χ2n) is 6.58. The molecular formula is C20H33IN6O2. The zero-order chi connectivity index (χ0) is 20.4. The SMILES string of the molecule is CCNC(=NCc1ccc(C)cc1OCCCOC)NCc1nnc(C)n1C.I. The Morgan fingerprint density at radius 2 is 1.97 bits per heavy atom. The molecule has 0 unspecified atom stereocenters. The molecule has 2 aromatic rings. The maximum absolute atomic E-state index is 5.95. The van der Waals surface area contributed by atoms with E-state index >= 15 is 0 Å². The van der Waals surface area contributed by atoms with E-state index in [4.69, 9.17) is 14.5 Å². The molecule has 2 N–H and O–H groups in total. The number of methoxy groups -OCH3 is 1. The molecule has 0 aliphatic carbocycles. The normalized spacial score (nSPS) is 11.1. The van der Waals surface area contributed by atoms with Gasteiger partial charge in [-0.15, -0.1) is 34.2 Å². The van der Waals surface area contributed by atoms with E-state index in [1.807, 2.05) is 25.5 Å². The number of aliphatic imine (C=N–C) groups is 1. The molecule has 2 rings (SSSR count). The summed E-state index contributed by atoms with van der Waals surface area (Å²) in [5.41, 5.74) is 2.21. The highest BCUT2D eigenvalue weighted by Crippen LogP contribution is 2.21. The monoisotopic (exact) mass is 516 g/mol. The van der Waals surface area contributed by atoms with Crippen molar-refractivity contribution in [2.45, 2.75) is 40.3 Å². The number of aryl methyl sites for hydroxylation is 2. The summed E-state index contributed by atoms with van der Waals surface area (Å²) in [5.74, 6) is 3.35. The molecule has 0 bridgehead atoms. The molecule has 0 radical (unpaired) electrons. The fourth-order valence-corrected chi connectivity index (χ4v) is 2.59. The highest BCUT2D eigenvalue weighted by molar-refractivity contribution is 14.0. The molecule has 162 valence electrons. The van der Waals surface area contributed by atoms with Crippen molar-refractivity contribution in [1.82, 2.24) is 25.4 Å². The summed E-state index contributed by atoms with van der Waals surface area (Å²) in [5, 5.41) is 14.8. The third-order valence-corrected chi connectivity index (χ3v) is 4.32. The first-order valence-electron chi connectivity index (χ1n) is 9.63. The molecule has 29 heavy (non-hydrogen) atoms. The van der Waals surface area contributed by atoms with Crippen LogP contribution >= 0.6 is 24.0 Å². The minimum absolute atomic E-state index is 0. The minimum Gasteiger partial charge on any atom is -0.493 e. The maximum Gasteiger partial charge on any atom is 0.191 e. The van der Waals surface area contributed by atoms with Crippen LogP contribution in [-0.2, 0) is 24.9 Å². The number of guanidine groups is 1. The van der Waals surface area contributed by atoms with Gasteiger partial charge in [-0.25, -0.2) is 4.99 Å². The number of benzene rings is 1. The molecule has 0 amide bonds. The number of halogens is 1. The minimum atomic E-state index is 0. The lowest BCUT2D eigenvalue weighted by atomic mass is 10.1. The summed E-state index contributed by atoms with van der Waals surface area (Å²) in [6, 6.07) is 6.20. The van der Waals surface area contributed by atoms with Crippen molar-refractivity contribution in [3.05, 3.63) is 41.0 Å². The molecule has 9 heteroatoms. The molecule has 0 saturated carbocycles. The Labute approximate surface area is 190 Å². The summed E-state index contributed by atoms with van der Waals surface area (Å²) in [7, 11) is 3.65. The molecule has 1 aromatic carbocycles. The number of hydrogen-bond acceptors (Lipinski definition) is 5. The van der Waals surface area contributed by atoms with Gasteiger partial charge in [0.25, 0.3) is 0 Å². The third kappa shape index (κ3) is 8.17. The number of nitrogens with zero attached hydrogens (tertiary/aromatic N) is 4. The van der Waals surface area contributed by atoms with Gasteiger partial charge in [0.15, 0.2) is 11.8 Å². The van der Waals surface area contributed by atoms with Crippen LogP contribution in [0.4, 0.5) is 0 Å². The van der Waals surface area contributed by atoms with Crippen LogP contribution in [0.5, 0.6) is 5.75 Å². The van der Waals surface area contributed by atoms with Crippen LogP contribution in [0.15, 0.2) is 23.2 Å². The van der Waals surface area contributed by atoms with E-state index in [2.05, 4.69) is 46.0 Å². The van der Waals surface area contributed by atoms with E-state index in [0.717, 1.165) is 47.5 Å². The molecule has 0 fully saturated rings. The van der Waals surface area contributed by atoms with E-state index in [1.165, 1.54) is 0 Å². The van der Waals surface area contributed by atoms with Crippen molar-refractivity contribution in [1.29, 1.82) is 0 Å². The third-order valence-electron chi connectivity index (χ3n) is 4.32. The first-order chi connectivity index (χ1) is 13.5. The molecule has 8 nitrogen and oxygen atoms in total. The van der Waals surface area contributed by atoms with Crippen molar-refractivity contribution in [2.75, 3.05) is 26.9 Å². The molecule has 0 aliphatic rings. The van der Waals surface area contributed by atoms with Gasteiger partial charge in [0.2, 0.25) is 0 Å². The standard InChI is InChI=1S/C20H32N6O2.HI/c1-6-21-20(23-14-19-25-24-16(3)26(19)4)22-13-17-9-8-15(2)12-18(17)28-11-7-10-27-5;/h8-9,12H,6-7,10-11,13-14H2,1-5H3,(H2,21,22,23);1H. The van der Waals surface area contributed by atoms with Crippen molar-refractivity contribution >= 4 is 29.9 Å². The van der Waals surface area contributed by atoms with Crippen molar-refractivity contribution < 1.29 is 9.47 Å². The Morgan fingerprint density at radius 1 is 1.17 bits per heavy atom. The van der Waals surface area contributed by atoms with Crippen LogP contribution in [0, 0.1) is 13.8 Å². The lowest BCUT2D eigenvalue weighted by molar-refractivity contribution is 0.172.